The van der Waals surface area contributed by atoms with Gasteiger partial charge in [-0.3, -0.25) is 9.69 Å². The van der Waals surface area contributed by atoms with Crippen LogP contribution >= 0.6 is 11.3 Å². The van der Waals surface area contributed by atoms with Gasteiger partial charge in [-0.05, 0) is 44.1 Å². The molecule has 1 aliphatic carbocycles. The molecule has 142 valence electrons. The van der Waals surface area contributed by atoms with Crippen molar-refractivity contribution in [2.75, 3.05) is 6.54 Å². The van der Waals surface area contributed by atoms with Gasteiger partial charge in [0, 0.05) is 11.4 Å². The third-order valence-corrected chi connectivity index (χ3v) is 6.69. The Balaban J connectivity index is 1.49. The molecule has 0 radical (unpaired) electrons. The van der Waals surface area contributed by atoms with E-state index in [1.165, 1.54) is 15.3 Å². The molecular weight excluding hydrogens is 358 g/mol. The molecular formula is C21H25N3O2S. The number of thiazole rings is 1. The summed E-state index contributed by atoms with van der Waals surface area (Å²) in [5.41, 5.74) is 2.53. The van der Waals surface area contributed by atoms with Crippen LogP contribution in [0.4, 0.5) is 4.79 Å². The first kappa shape index (κ1) is 18.2. The standard InChI is InChI=1S/C21H25N3O2S/c1-3-11-23-14(2)20(25)24(21(23)26)13-19-22-17-10-9-16(12-18(17)27-19)15-7-5-4-6-8-15/h4-8,14,16H,3,9-13H2,1-2H3. The van der Waals surface area contributed by atoms with E-state index < -0.39 is 0 Å². The third-order valence-electron chi connectivity index (χ3n) is 5.58. The maximum Gasteiger partial charge on any atom is 0.327 e. The molecule has 0 spiro atoms. The summed E-state index contributed by atoms with van der Waals surface area (Å²) in [6, 6.07) is 10.1. The van der Waals surface area contributed by atoms with Crippen molar-refractivity contribution in [3.05, 3.63) is 51.5 Å². The van der Waals surface area contributed by atoms with Crippen molar-refractivity contribution in [2.45, 2.75) is 58.0 Å². The summed E-state index contributed by atoms with van der Waals surface area (Å²) in [4.78, 5) is 34.2. The van der Waals surface area contributed by atoms with E-state index in [4.69, 9.17) is 4.98 Å². The van der Waals surface area contributed by atoms with Gasteiger partial charge in [-0.2, -0.15) is 0 Å². The number of hydrogen-bond donors (Lipinski definition) is 0. The van der Waals surface area contributed by atoms with E-state index in [1.54, 1.807) is 16.2 Å². The molecule has 2 aromatic rings. The number of urea groups is 1. The second-order valence-electron chi connectivity index (χ2n) is 7.40. The average molecular weight is 384 g/mol. The maximum atomic E-state index is 12.6. The fourth-order valence-corrected chi connectivity index (χ4v) is 5.27. The number of hydrogen-bond acceptors (Lipinski definition) is 4. The van der Waals surface area contributed by atoms with E-state index >= 15 is 0 Å². The molecule has 4 rings (SSSR count). The number of fused-ring (bicyclic) bond motifs is 1. The molecule has 0 N–H and O–H groups in total. The molecule has 2 heterocycles. The Labute approximate surface area is 164 Å². The molecule has 6 heteroatoms. The number of aromatic nitrogens is 1. The van der Waals surface area contributed by atoms with E-state index in [-0.39, 0.29) is 18.0 Å². The van der Waals surface area contributed by atoms with E-state index in [9.17, 15) is 9.59 Å². The van der Waals surface area contributed by atoms with Gasteiger partial charge in [0.25, 0.3) is 5.91 Å². The van der Waals surface area contributed by atoms with Gasteiger partial charge in [0.2, 0.25) is 0 Å². The number of rotatable bonds is 5. The lowest BCUT2D eigenvalue weighted by atomic mass is 9.85. The molecule has 27 heavy (non-hydrogen) atoms. The summed E-state index contributed by atoms with van der Waals surface area (Å²) < 4.78 is 0. The second-order valence-corrected chi connectivity index (χ2v) is 8.57. The van der Waals surface area contributed by atoms with Gasteiger partial charge >= 0.3 is 6.03 Å². The van der Waals surface area contributed by atoms with E-state index in [1.807, 2.05) is 13.8 Å². The minimum atomic E-state index is -0.366. The predicted octanol–water partition coefficient (Wildman–Crippen LogP) is 3.98. The molecule has 2 atom stereocenters. The molecule has 1 aliphatic heterocycles. The monoisotopic (exact) mass is 383 g/mol. The maximum absolute atomic E-state index is 12.6. The van der Waals surface area contributed by atoms with Crippen molar-refractivity contribution in [1.29, 1.82) is 0 Å². The fraction of sp³-hybridized carbons (Fsp3) is 0.476. The number of amides is 3. The molecule has 1 aromatic carbocycles. The van der Waals surface area contributed by atoms with Crippen LogP contribution in [0.5, 0.6) is 0 Å². The summed E-state index contributed by atoms with van der Waals surface area (Å²) >= 11 is 1.66. The van der Waals surface area contributed by atoms with Crippen molar-refractivity contribution in [3.8, 4) is 0 Å². The van der Waals surface area contributed by atoms with Crippen LogP contribution in [0.15, 0.2) is 30.3 Å². The SMILES string of the molecule is CCCN1C(=O)N(Cc2nc3c(s2)CC(c2ccccc2)CC3)C(=O)C1C. The molecule has 0 bridgehead atoms. The molecule has 1 fully saturated rings. The highest BCUT2D eigenvalue weighted by Crippen LogP contribution is 2.36. The summed E-state index contributed by atoms with van der Waals surface area (Å²) in [5, 5.41) is 0.876. The van der Waals surface area contributed by atoms with Gasteiger partial charge in [0.1, 0.15) is 11.0 Å². The fourth-order valence-electron chi connectivity index (χ4n) is 4.09. The average Bonchev–Trinajstić information content (AvgIpc) is 3.18. The van der Waals surface area contributed by atoms with Gasteiger partial charge in [-0.1, -0.05) is 37.3 Å². The summed E-state index contributed by atoms with van der Waals surface area (Å²) in [6.07, 6.45) is 3.91. The highest BCUT2D eigenvalue weighted by Gasteiger charge is 2.42. The molecule has 2 aliphatic rings. The largest absolute Gasteiger partial charge is 0.327 e. The van der Waals surface area contributed by atoms with Crippen molar-refractivity contribution >= 4 is 23.3 Å². The number of nitrogens with zero attached hydrogens (tertiary/aromatic N) is 3. The van der Waals surface area contributed by atoms with Crippen molar-refractivity contribution in [2.24, 2.45) is 0 Å². The molecule has 2 unspecified atom stereocenters. The summed E-state index contributed by atoms with van der Waals surface area (Å²) in [6.45, 7) is 4.75. The number of carbonyl (C=O) groups is 2. The van der Waals surface area contributed by atoms with E-state index in [2.05, 4.69) is 30.3 Å². The van der Waals surface area contributed by atoms with Gasteiger partial charge < -0.3 is 4.90 Å². The highest BCUT2D eigenvalue weighted by atomic mass is 32.1. The Morgan fingerprint density at radius 1 is 1.22 bits per heavy atom. The van der Waals surface area contributed by atoms with Crippen molar-refractivity contribution in [3.63, 3.8) is 0 Å². The quantitative estimate of drug-likeness (QED) is 0.734. The van der Waals surface area contributed by atoms with Crippen LogP contribution in [0, 0.1) is 0 Å². The van der Waals surface area contributed by atoms with Crippen molar-refractivity contribution < 1.29 is 9.59 Å². The zero-order valence-electron chi connectivity index (χ0n) is 15.9. The Kier molecular flexibility index (Phi) is 5.00. The van der Waals surface area contributed by atoms with Crippen molar-refractivity contribution in [1.82, 2.24) is 14.8 Å². The lowest BCUT2D eigenvalue weighted by molar-refractivity contribution is -0.128. The molecule has 5 nitrogen and oxygen atoms in total. The summed E-state index contributed by atoms with van der Waals surface area (Å²) in [7, 11) is 0. The lowest BCUT2D eigenvalue weighted by Gasteiger charge is -2.21. The van der Waals surface area contributed by atoms with Crippen LogP contribution in [-0.4, -0.2) is 39.3 Å². The molecule has 1 saturated heterocycles. The first-order valence-corrected chi connectivity index (χ1v) is 10.5. The Morgan fingerprint density at radius 3 is 2.74 bits per heavy atom. The third kappa shape index (κ3) is 3.38. The predicted molar refractivity (Wildman–Crippen MR) is 106 cm³/mol. The normalized spacial score (nSPS) is 22.4. The van der Waals surface area contributed by atoms with Crippen LogP contribution in [0.25, 0.3) is 0 Å². The lowest BCUT2D eigenvalue weighted by Crippen LogP contribution is -2.34. The van der Waals surface area contributed by atoms with Crippen LogP contribution < -0.4 is 0 Å². The van der Waals surface area contributed by atoms with Crippen LogP contribution in [0.2, 0.25) is 0 Å². The first-order chi connectivity index (χ1) is 13.1. The minimum Gasteiger partial charge on any atom is -0.313 e. The number of benzene rings is 1. The molecule has 3 amide bonds. The second kappa shape index (κ2) is 7.43. The number of aryl methyl sites for hydroxylation is 1. The van der Waals surface area contributed by atoms with Gasteiger partial charge in [-0.15, -0.1) is 11.3 Å². The van der Waals surface area contributed by atoms with E-state index in [0.717, 1.165) is 36.4 Å². The molecule has 1 aromatic heterocycles. The molecule has 0 saturated carbocycles. The Hall–Kier alpha value is -2.21. The Morgan fingerprint density at radius 2 is 2.00 bits per heavy atom. The van der Waals surface area contributed by atoms with Gasteiger partial charge in [0.05, 0.1) is 12.2 Å². The zero-order valence-corrected chi connectivity index (χ0v) is 16.7. The number of imide groups is 1. The number of carbonyl (C=O) groups excluding carboxylic acids is 2. The Bertz CT molecular complexity index is 848. The van der Waals surface area contributed by atoms with E-state index in [0.29, 0.717) is 19.0 Å². The summed E-state index contributed by atoms with van der Waals surface area (Å²) in [5.74, 6) is 0.422. The zero-order chi connectivity index (χ0) is 19.0. The van der Waals surface area contributed by atoms with Crippen LogP contribution in [0.1, 0.15) is 53.7 Å². The van der Waals surface area contributed by atoms with Crippen LogP contribution in [0.3, 0.4) is 0 Å². The first-order valence-electron chi connectivity index (χ1n) is 9.72. The van der Waals surface area contributed by atoms with Crippen LogP contribution in [-0.2, 0) is 24.2 Å². The van der Waals surface area contributed by atoms with Gasteiger partial charge in [0.15, 0.2) is 0 Å². The minimum absolute atomic E-state index is 0.108. The smallest absolute Gasteiger partial charge is 0.313 e. The highest BCUT2D eigenvalue weighted by molar-refractivity contribution is 7.11. The topological polar surface area (TPSA) is 53.5 Å². The van der Waals surface area contributed by atoms with Gasteiger partial charge in [-0.25, -0.2) is 9.78 Å².